The molecule has 1 atom stereocenters. The second kappa shape index (κ2) is 19.6. The first-order chi connectivity index (χ1) is 12.4. The van der Waals surface area contributed by atoms with Crippen molar-refractivity contribution < 1.29 is 14.4 Å². The molecular formula is C17H38N6O3. The van der Waals surface area contributed by atoms with Gasteiger partial charge in [-0.3, -0.25) is 14.4 Å². The Bertz CT molecular complexity index is 378. The molecule has 0 aromatic carbocycles. The van der Waals surface area contributed by atoms with Crippen LogP contribution in [0.4, 0.5) is 0 Å². The molecule has 8 N–H and O–H groups in total. The van der Waals surface area contributed by atoms with Gasteiger partial charge in [0.2, 0.25) is 17.7 Å². The number of nitrogens with two attached hydrogens (primary N) is 2. The van der Waals surface area contributed by atoms with E-state index in [0.717, 1.165) is 32.4 Å². The minimum Gasteiger partial charge on any atom is -0.368 e. The van der Waals surface area contributed by atoms with Crippen molar-refractivity contribution in [1.82, 2.24) is 21.3 Å². The fraction of sp³-hybridized carbons (Fsp3) is 0.824. The van der Waals surface area contributed by atoms with E-state index in [1.165, 1.54) is 12.8 Å². The molecule has 0 bridgehead atoms. The molecule has 0 radical (unpaired) electrons. The molecule has 0 spiro atoms. The first kappa shape index (κ1) is 26.5. The Balaban J connectivity index is 0. The summed E-state index contributed by atoms with van der Waals surface area (Å²) in [5, 5.41) is 11.1. The highest BCUT2D eigenvalue weighted by Crippen LogP contribution is 2.00. The first-order valence-corrected chi connectivity index (χ1v) is 9.27. The highest BCUT2D eigenvalue weighted by molar-refractivity contribution is 5.85. The molecule has 9 nitrogen and oxygen atoms in total. The first-order valence-electron chi connectivity index (χ1n) is 9.27. The van der Waals surface area contributed by atoms with Crippen molar-refractivity contribution in [3.05, 3.63) is 0 Å². The molecule has 0 fully saturated rings. The van der Waals surface area contributed by atoms with Crippen LogP contribution in [0.3, 0.4) is 0 Å². The zero-order chi connectivity index (χ0) is 20.2. The Morgan fingerprint density at radius 3 is 2.15 bits per heavy atom. The SMILES string of the molecule is CCCCN.CNCCCC[C@H](NC)C(=O)NCCC(=O)NCC(N)=O. The van der Waals surface area contributed by atoms with Gasteiger partial charge in [0.25, 0.3) is 0 Å². The van der Waals surface area contributed by atoms with Crippen LogP contribution in [0.25, 0.3) is 0 Å². The lowest BCUT2D eigenvalue weighted by molar-refractivity contribution is -0.125. The van der Waals surface area contributed by atoms with E-state index in [1.54, 1.807) is 7.05 Å². The van der Waals surface area contributed by atoms with E-state index in [9.17, 15) is 14.4 Å². The fourth-order valence-electron chi connectivity index (χ4n) is 1.96. The van der Waals surface area contributed by atoms with Crippen molar-refractivity contribution >= 4 is 17.7 Å². The van der Waals surface area contributed by atoms with E-state index in [-0.39, 0.29) is 37.4 Å². The summed E-state index contributed by atoms with van der Waals surface area (Å²) in [4.78, 5) is 33.7. The summed E-state index contributed by atoms with van der Waals surface area (Å²) >= 11 is 0. The number of rotatable bonds is 14. The van der Waals surface area contributed by atoms with Crippen LogP contribution in [-0.2, 0) is 14.4 Å². The van der Waals surface area contributed by atoms with Gasteiger partial charge in [0.15, 0.2) is 0 Å². The molecule has 0 rings (SSSR count). The van der Waals surface area contributed by atoms with Gasteiger partial charge in [0, 0.05) is 13.0 Å². The summed E-state index contributed by atoms with van der Waals surface area (Å²) < 4.78 is 0. The number of unbranched alkanes of at least 4 members (excludes halogenated alkanes) is 2. The predicted octanol–water partition coefficient (Wildman–Crippen LogP) is -1.18. The summed E-state index contributed by atoms with van der Waals surface area (Å²) in [5.41, 5.74) is 10.0. The van der Waals surface area contributed by atoms with E-state index in [4.69, 9.17) is 11.5 Å². The molecule has 0 aliphatic rings. The third kappa shape index (κ3) is 18.6. The van der Waals surface area contributed by atoms with Crippen molar-refractivity contribution in [2.45, 2.75) is 51.5 Å². The second-order valence-corrected chi connectivity index (χ2v) is 5.87. The van der Waals surface area contributed by atoms with Gasteiger partial charge in [-0.05, 0) is 46.4 Å². The number of primary amides is 1. The quantitative estimate of drug-likeness (QED) is 0.211. The maximum absolute atomic E-state index is 11.9. The fourth-order valence-corrected chi connectivity index (χ4v) is 1.96. The zero-order valence-electron chi connectivity index (χ0n) is 16.5. The van der Waals surface area contributed by atoms with Crippen LogP contribution in [0.1, 0.15) is 45.4 Å². The number of amides is 3. The predicted molar refractivity (Wildman–Crippen MR) is 104 cm³/mol. The summed E-state index contributed by atoms with van der Waals surface area (Å²) in [6.07, 6.45) is 5.21. The minimum atomic E-state index is -0.593. The normalized spacial score (nSPS) is 11.1. The number of nitrogens with one attached hydrogen (secondary N) is 4. The zero-order valence-corrected chi connectivity index (χ0v) is 16.5. The van der Waals surface area contributed by atoms with Crippen LogP contribution in [-0.4, -0.2) is 64.0 Å². The Kier molecular flexibility index (Phi) is 20.0. The second-order valence-electron chi connectivity index (χ2n) is 5.87. The Morgan fingerprint density at radius 1 is 1.00 bits per heavy atom. The standard InChI is InChI=1S/C13H27N5O3.C4H11N/c1-15-7-4-3-5-10(16-2)13(21)17-8-6-12(20)18-9-11(14)19;1-2-3-4-5/h10,15-16H,3-9H2,1-2H3,(H2,14,19)(H,17,21)(H,18,20);2-5H2,1H3/t10-;/m0./s1. The van der Waals surface area contributed by atoms with Crippen molar-refractivity contribution in [2.75, 3.05) is 40.3 Å². The molecule has 0 aliphatic heterocycles. The number of carbonyl (C=O) groups is 3. The molecule has 0 aliphatic carbocycles. The number of hydrogen-bond acceptors (Lipinski definition) is 6. The smallest absolute Gasteiger partial charge is 0.237 e. The lowest BCUT2D eigenvalue weighted by Crippen LogP contribution is -2.44. The van der Waals surface area contributed by atoms with E-state index in [1.807, 2.05) is 7.05 Å². The van der Waals surface area contributed by atoms with E-state index in [0.29, 0.717) is 0 Å². The molecule has 0 aromatic heterocycles. The maximum Gasteiger partial charge on any atom is 0.237 e. The molecule has 154 valence electrons. The van der Waals surface area contributed by atoms with Crippen LogP contribution < -0.4 is 32.7 Å². The molecule has 0 saturated carbocycles. The Morgan fingerprint density at radius 2 is 1.69 bits per heavy atom. The van der Waals surface area contributed by atoms with Gasteiger partial charge >= 0.3 is 0 Å². The summed E-state index contributed by atoms with van der Waals surface area (Å²) in [6, 6.07) is -0.254. The van der Waals surface area contributed by atoms with Gasteiger partial charge in [0.05, 0.1) is 12.6 Å². The van der Waals surface area contributed by atoms with E-state index < -0.39 is 5.91 Å². The summed E-state index contributed by atoms with van der Waals surface area (Å²) in [7, 11) is 3.63. The molecule has 0 saturated heterocycles. The molecule has 9 heteroatoms. The van der Waals surface area contributed by atoms with E-state index >= 15 is 0 Å². The summed E-state index contributed by atoms with van der Waals surface area (Å²) in [6.45, 7) is 3.96. The van der Waals surface area contributed by atoms with Crippen molar-refractivity contribution in [3.8, 4) is 0 Å². The van der Waals surface area contributed by atoms with E-state index in [2.05, 4.69) is 28.2 Å². The Labute approximate surface area is 157 Å². The molecule has 0 aromatic rings. The van der Waals surface area contributed by atoms with Gasteiger partial charge in [0.1, 0.15) is 0 Å². The van der Waals surface area contributed by atoms with Gasteiger partial charge in [-0.2, -0.15) is 0 Å². The molecule has 26 heavy (non-hydrogen) atoms. The molecule has 3 amide bonds. The number of hydrogen-bond donors (Lipinski definition) is 6. The molecular weight excluding hydrogens is 336 g/mol. The molecule has 0 heterocycles. The van der Waals surface area contributed by atoms with Crippen molar-refractivity contribution in [3.63, 3.8) is 0 Å². The van der Waals surface area contributed by atoms with Gasteiger partial charge < -0.3 is 32.7 Å². The average Bonchev–Trinajstić information content (AvgIpc) is 2.61. The number of carbonyl (C=O) groups excluding carboxylic acids is 3. The maximum atomic E-state index is 11.9. The van der Waals surface area contributed by atoms with Crippen LogP contribution in [0.15, 0.2) is 0 Å². The van der Waals surface area contributed by atoms with Gasteiger partial charge in [-0.25, -0.2) is 0 Å². The lowest BCUT2D eigenvalue weighted by Gasteiger charge is -2.15. The lowest BCUT2D eigenvalue weighted by atomic mass is 10.1. The topological polar surface area (TPSA) is 151 Å². The third-order valence-electron chi connectivity index (χ3n) is 3.50. The third-order valence-corrected chi connectivity index (χ3v) is 3.50. The average molecular weight is 375 g/mol. The highest BCUT2D eigenvalue weighted by Gasteiger charge is 2.15. The summed E-state index contributed by atoms with van der Waals surface area (Å²) in [5.74, 6) is -1.03. The number of likely N-dealkylation sites (N-methyl/N-ethyl adjacent to an activating group) is 1. The van der Waals surface area contributed by atoms with Gasteiger partial charge in [-0.15, -0.1) is 0 Å². The monoisotopic (exact) mass is 374 g/mol. The van der Waals surface area contributed by atoms with Crippen LogP contribution >= 0.6 is 0 Å². The molecule has 0 unspecified atom stereocenters. The van der Waals surface area contributed by atoms with Crippen LogP contribution in [0, 0.1) is 0 Å². The minimum absolute atomic E-state index is 0.120. The van der Waals surface area contributed by atoms with Gasteiger partial charge in [-0.1, -0.05) is 19.8 Å². The van der Waals surface area contributed by atoms with Crippen LogP contribution in [0.2, 0.25) is 0 Å². The highest BCUT2D eigenvalue weighted by atomic mass is 16.2. The largest absolute Gasteiger partial charge is 0.368 e. The van der Waals surface area contributed by atoms with Crippen molar-refractivity contribution in [2.24, 2.45) is 11.5 Å². The van der Waals surface area contributed by atoms with Crippen molar-refractivity contribution in [1.29, 1.82) is 0 Å². The van der Waals surface area contributed by atoms with Crippen LogP contribution in [0.5, 0.6) is 0 Å². The Hall–Kier alpha value is -1.71.